The number of methoxy groups -OCH3 is 1. The minimum Gasteiger partial charge on any atom is -0.383 e. The molecule has 0 aliphatic rings. The lowest BCUT2D eigenvalue weighted by molar-refractivity contribution is 0.181. The number of halogens is 1. The Bertz CT molecular complexity index is 352. The first-order valence-electron chi connectivity index (χ1n) is 6.67. The van der Waals surface area contributed by atoms with Crippen LogP contribution >= 0.6 is 23.4 Å². The average Bonchev–Trinajstić information content (AvgIpc) is 2.78. The Balaban J connectivity index is 2.82. The summed E-state index contributed by atoms with van der Waals surface area (Å²) in [4.78, 5) is 0. The van der Waals surface area contributed by atoms with E-state index < -0.39 is 0 Å². The van der Waals surface area contributed by atoms with Crippen LogP contribution in [-0.4, -0.2) is 42.1 Å². The SMILES string of the molecule is CCCNC(CCSC)c1c(Cl)cnn1CCOC. The van der Waals surface area contributed by atoms with E-state index in [9.17, 15) is 0 Å². The molecule has 0 bridgehead atoms. The highest BCUT2D eigenvalue weighted by Crippen LogP contribution is 2.26. The number of thioether (sulfide) groups is 1. The summed E-state index contributed by atoms with van der Waals surface area (Å²) in [5.74, 6) is 1.10. The zero-order chi connectivity index (χ0) is 14.1. The van der Waals surface area contributed by atoms with Crippen molar-refractivity contribution in [2.24, 2.45) is 0 Å². The quantitative estimate of drug-likeness (QED) is 0.721. The Hall–Kier alpha value is -0.230. The summed E-state index contributed by atoms with van der Waals surface area (Å²) in [6.07, 6.45) is 6.02. The Kier molecular flexibility index (Phi) is 8.53. The molecule has 0 fully saturated rings. The molecule has 0 saturated heterocycles. The van der Waals surface area contributed by atoms with Crippen LogP contribution in [0.4, 0.5) is 0 Å². The van der Waals surface area contributed by atoms with Gasteiger partial charge in [-0.1, -0.05) is 18.5 Å². The molecule has 0 radical (unpaired) electrons. The highest BCUT2D eigenvalue weighted by Gasteiger charge is 2.19. The van der Waals surface area contributed by atoms with Crippen LogP contribution in [0.1, 0.15) is 31.5 Å². The van der Waals surface area contributed by atoms with Crippen LogP contribution < -0.4 is 5.32 Å². The Labute approximate surface area is 125 Å². The summed E-state index contributed by atoms with van der Waals surface area (Å²) in [5.41, 5.74) is 1.08. The fourth-order valence-electron chi connectivity index (χ4n) is 1.96. The molecule has 1 N–H and O–H groups in total. The summed E-state index contributed by atoms with van der Waals surface area (Å²) in [6, 6.07) is 0.263. The molecular weight excluding hydrogens is 282 g/mol. The smallest absolute Gasteiger partial charge is 0.0834 e. The molecule has 0 aliphatic heterocycles. The van der Waals surface area contributed by atoms with E-state index >= 15 is 0 Å². The van der Waals surface area contributed by atoms with E-state index in [4.69, 9.17) is 16.3 Å². The van der Waals surface area contributed by atoms with E-state index in [-0.39, 0.29) is 6.04 Å². The number of aromatic nitrogens is 2. The molecular formula is C13H24ClN3OS. The van der Waals surface area contributed by atoms with Gasteiger partial charge in [-0.25, -0.2) is 0 Å². The van der Waals surface area contributed by atoms with Gasteiger partial charge in [-0.15, -0.1) is 0 Å². The lowest BCUT2D eigenvalue weighted by atomic mass is 10.1. The van der Waals surface area contributed by atoms with Gasteiger partial charge in [0.1, 0.15) is 0 Å². The molecule has 1 rings (SSSR count). The van der Waals surface area contributed by atoms with Gasteiger partial charge < -0.3 is 10.1 Å². The molecule has 0 aromatic carbocycles. The van der Waals surface area contributed by atoms with Crippen LogP contribution in [0.2, 0.25) is 5.02 Å². The number of ether oxygens (including phenoxy) is 1. The Morgan fingerprint density at radius 2 is 2.37 bits per heavy atom. The average molecular weight is 306 g/mol. The molecule has 1 aromatic rings. The second kappa shape index (κ2) is 9.64. The van der Waals surface area contributed by atoms with E-state index in [0.29, 0.717) is 6.61 Å². The minimum atomic E-state index is 0.263. The molecule has 0 saturated carbocycles. The van der Waals surface area contributed by atoms with Crippen LogP contribution in [-0.2, 0) is 11.3 Å². The van der Waals surface area contributed by atoms with Crippen molar-refractivity contribution in [2.75, 3.05) is 32.3 Å². The molecule has 1 atom stereocenters. The third-order valence-corrected chi connectivity index (χ3v) is 3.86. The van der Waals surface area contributed by atoms with Crippen molar-refractivity contribution in [1.82, 2.24) is 15.1 Å². The molecule has 19 heavy (non-hydrogen) atoms. The van der Waals surface area contributed by atoms with Crippen molar-refractivity contribution in [3.05, 3.63) is 16.9 Å². The maximum atomic E-state index is 6.31. The predicted octanol–water partition coefficient (Wildman–Crippen LogP) is 2.98. The van der Waals surface area contributed by atoms with Crippen LogP contribution in [0.15, 0.2) is 6.20 Å². The number of rotatable bonds is 10. The van der Waals surface area contributed by atoms with Crippen molar-refractivity contribution in [1.29, 1.82) is 0 Å². The third-order valence-electron chi connectivity index (χ3n) is 2.92. The molecule has 0 spiro atoms. The van der Waals surface area contributed by atoms with Gasteiger partial charge in [0.05, 0.1) is 36.1 Å². The molecule has 6 heteroatoms. The van der Waals surface area contributed by atoms with Gasteiger partial charge in [-0.05, 0) is 31.4 Å². The van der Waals surface area contributed by atoms with E-state index in [1.807, 2.05) is 16.4 Å². The van der Waals surface area contributed by atoms with Crippen molar-refractivity contribution < 1.29 is 4.74 Å². The van der Waals surface area contributed by atoms with Crippen molar-refractivity contribution in [3.8, 4) is 0 Å². The summed E-state index contributed by atoms with van der Waals surface area (Å²) < 4.78 is 7.08. The maximum absolute atomic E-state index is 6.31. The fourth-order valence-corrected chi connectivity index (χ4v) is 2.71. The summed E-state index contributed by atoms with van der Waals surface area (Å²) in [7, 11) is 1.70. The van der Waals surface area contributed by atoms with Gasteiger partial charge >= 0.3 is 0 Å². The van der Waals surface area contributed by atoms with Crippen LogP contribution in [0.5, 0.6) is 0 Å². The molecule has 110 valence electrons. The topological polar surface area (TPSA) is 39.1 Å². The fraction of sp³-hybridized carbons (Fsp3) is 0.769. The summed E-state index contributed by atoms with van der Waals surface area (Å²) in [5, 5.41) is 8.65. The highest BCUT2D eigenvalue weighted by molar-refractivity contribution is 7.98. The number of hydrogen-bond acceptors (Lipinski definition) is 4. The molecule has 1 unspecified atom stereocenters. The second-order valence-electron chi connectivity index (χ2n) is 4.38. The van der Waals surface area contributed by atoms with Gasteiger partial charge in [-0.3, -0.25) is 4.68 Å². The first-order valence-corrected chi connectivity index (χ1v) is 8.44. The first kappa shape index (κ1) is 16.8. The van der Waals surface area contributed by atoms with E-state index in [0.717, 1.165) is 42.4 Å². The van der Waals surface area contributed by atoms with Gasteiger partial charge in [0.15, 0.2) is 0 Å². The van der Waals surface area contributed by atoms with Gasteiger partial charge in [0.25, 0.3) is 0 Å². The zero-order valence-electron chi connectivity index (χ0n) is 12.0. The molecule has 4 nitrogen and oxygen atoms in total. The number of nitrogens with zero attached hydrogens (tertiary/aromatic N) is 2. The van der Waals surface area contributed by atoms with Gasteiger partial charge in [0, 0.05) is 7.11 Å². The number of hydrogen-bond donors (Lipinski definition) is 1. The molecule has 1 aromatic heterocycles. The van der Waals surface area contributed by atoms with Gasteiger partial charge in [-0.2, -0.15) is 16.9 Å². The second-order valence-corrected chi connectivity index (χ2v) is 5.77. The normalized spacial score (nSPS) is 12.8. The Morgan fingerprint density at radius 3 is 3.00 bits per heavy atom. The largest absolute Gasteiger partial charge is 0.383 e. The van der Waals surface area contributed by atoms with Crippen LogP contribution in [0, 0.1) is 0 Å². The Morgan fingerprint density at radius 1 is 1.58 bits per heavy atom. The van der Waals surface area contributed by atoms with Crippen molar-refractivity contribution in [2.45, 2.75) is 32.4 Å². The number of nitrogens with one attached hydrogen (secondary N) is 1. The van der Waals surface area contributed by atoms with Crippen LogP contribution in [0.25, 0.3) is 0 Å². The molecule has 1 heterocycles. The van der Waals surface area contributed by atoms with Gasteiger partial charge in [0.2, 0.25) is 0 Å². The monoisotopic (exact) mass is 305 g/mol. The van der Waals surface area contributed by atoms with E-state index in [2.05, 4.69) is 23.6 Å². The minimum absolute atomic E-state index is 0.263. The highest BCUT2D eigenvalue weighted by atomic mass is 35.5. The van der Waals surface area contributed by atoms with Crippen molar-refractivity contribution >= 4 is 23.4 Å². The lowest BCUT2D eigenvalue weighted by Crippen LogP contribution is -2.26. The standard InChI is InChI=1S/C13H24ClN3OS/c1-4-6-15-12(5-9-19-3)13-11(14)10-16-17(13)7-8-18-2/h10,12,15H,4-9H2,1-3H3. The van der Waals surface area contributed by atoms with Crippen LogP contribution in [0.3, 0.4) is 0 Å². The van der Waals surface area contributed by atoms with E-state index in [1.54, 1.807) is 13.3 Å². The molecule has 0 amide bonds. The summed E-state index contributed by atoms with van der Waals surface area (Å²) >= 11 is 8.16. The molecule has 0 aliphatic carbocycles. The van der Waals surface area contributed by atoms with Crippen molar-refractivity contribution in [3.63, 3.8) is 0 Å². The first-order chi connectivity index (χ1) is 9.24. The summed E-state index contributed by atoms with van der Waals surface area (Å²) in [6.45, 7) is 4.55. The lowest BCUT2D eigenvalue weighted by Gasteiger charge is -2.20. The zero-order valence-corrected chi connectivity index (χ0v) is 13.6. The van der Waals surface area contributed by atoms with E-state index in [1.165, 1.54) is 0 Å². The predicted molar refractivity (Wildman–Crippen MR) is 83.1 cm³/mol. The maximum Gasteiger partial charge on any atom is 0.0834 e. The third kappa shape index (κ3) is 5.34.